The number of carbonyl (C=O) groups excluding carboxylic acids is 1. The molecule has 1 aliphatic carbocycles. The quantitative estimate of drug-likeness (QED) is 0.804. The number of rotatable bonds is 6. The van der Waals surface area contributed by atoms with Crippen molar-refractivity contribution in [1.82, 2.24) is 0 Å². The lowest BCUT2D eigenvalue weighted by atomic mass is 9.89. The van der Waals surface area contributed by atoms with Gasteiger partial charge < -0.3 is 15.0 Å². The van der Waals surface area contributed by atoms with E-state index in [1.165, 1.54) is 4.88 Å². The first-order valence-corrected chi connectivity index (χ1v) is 10.1. The maximum Gasteiger partial charge on any atom is 0.280 e. The van der Waals surface area contributed by atoms with Crippen LogP contribution < -0.4 is 15.0 Å². The molecule has 6 heteroatoms. The molecule has 27 heavy (non-hydrogen) atoms. The highest BCUT2D eigenvalue weighted by Gasteiger charge is 2.25. The van der Waals surface area contributed by atoms with Crippen molar-refractivity contribution in [2.45, 2.75) is 32.7 Å². The first kappa shape index (κ1) is 19.4. The van der Waals surface area contributed by atoms with Crippen molar-refractivity contribution in [2.75, 3.05) is 26.0 Å². The third-order valence-corrected chi connectivity index (χ3v) is 6.17. The van der Waals surface area contributed by atoms with E-state index in [1.54, 1.807) is 18.4 Å². The van der Waals surface area contributed by atoms with E-state index in [-0.39, 0.29) is 5.91 Å². The number of benzene rings is 1. The van der Waals surface area contributed by atoms with Crippen LogP contribution in [-0.4, -0.2) is 26.6 Å². The molecule has 0 fully saturated rings. The van der Waals surface area contributed by atoms with Crippen LogP contribution in [0.1, 0.15) is 34.9 Å². The summed E-state index contributed by atoms with van der Waals surface area (Å²) in [6.07, 6.45) is 3.06. The van der Waals surface area contributed by atoms with E-state index in [1.807, 2.05) is 31.3 Å². The molecule has 0 spiro atoms. The van der Waals surface area contributed by atoms with Gasteiger partial charge in [0.1, 0.15) is 23.4 Å². The minimum absolute atomic E-state index is 0.0517. The maximum atomic E-state index is 12.5. The zero-order valence-corrected chi connectivity index (χ0v) is 16.9. The lowest BCUT2D eigenvalue weighted by molar-refractivity contribution is -0.885. The van der Waals surface area contributed by atoms with Crippen LogP contribution in [0, 0.1) is 17.2 Å². The maximum absolute atomic E-state index is 12.5. The van der Waals surface area contributed by atoms with Crippen LogP contribution in [0.25, 0.3) is 0 Å². The standard InChI is InChI=1S/C21H25N3O2S/c1-14-4-9-17-18(11-22)21(27-19(17)10-14)23-20(25)13-24(2)12-15-5-7-16(26-3)8-6-15/h5-8,14H,4,9-10,12-13H2,1-3H3,(H,23,25)/p+1/t14-/m1/s1. The molecule has 1 aliphatic rings. The first-order valence-electron chi connectivity index (χ1n) is 9.28. The Balaban J connectivity index is 1.61. The topological polar surface area (TPSA) is 66.6 Å². The molecule has 3 rings (SSSR count). The molecule has 1 unspecified atom stereocenters. The number of hydrogen-bond acceptors (Lipinski definition) is 4. The zero-order chi connectivity index (χ0) is 19.4. The van der Waals surface area contributed by atoms with Crippen molar-refractivity contribution >= 4 is 22.2 Å². The summed E-state index contributed by atoms with van der Waals surface area (Å²) in [5.41, 5.74) is 2.97. The second-order valence-corrected chi connectivity index (χ2v) is 8.48. The van der Waals surface area contributed by atoms with Crippen LogP contribution in [0.3, 0.4) is 0 Å². The molecule has 1 aromatic heterocycles. The summed E-state index contributed by atoms with van der Waals surface area (Å²) in [4.78, 5) is 14.9. The van der Waals surface area contributed by atoms with Gasteiger partial charge in [-0.3, -0.25) is 4.79 Å². The van der Waals surface area contributed by atoms with Crippen LogP contribution >= 0.6 is 11.3 Å². The summed E-state index contributed by atoms with van der Waals surface area (Å²) in [6.45, 7) is 3.35. The molecule has 142 valence electrons. The Morgan fingerprint density at radius 3 is 2.81 bits per heavy atom. The third-order valence-electron chi connectivity index (χ3n) is 5.00. The number of nitriles is 1. The Labute approximate surface area is 164 Å². The van der Waals surface area contributed by atoms with E-state index in [9.17, 15) is 10.1 Å². The number of ether oxygens (including phenoxy) is 1. The van der Waals surface area contributed by atoms with Gasteiger partial charge in [0.15, 0.2) is 6.54 Å². The molecule has 1 aromatic carbocycles. The van der Waals surface area contributed by atoms with Crippen molar-refractivity contribution < 1.29 is 14.4 Å². The van der Waals surface area contributed by atoms with Crippen molar-refractivity contribution in [1.29, 1.82) is 5.26 Å². The van der Waals surface area contributed by atoms with Crippen molar-refractivity contribution in [3.8, 4) is 11.8 Å². The molecule has 2 atom stereocenters. The van der Waals surface area contributed by atoms with Crippen molar-refractivity contribution in [2.24, 2.45) is 5.92 Å². The van der Waals surface area contributed by atoms with Gasteiger partial charge in [-0.05, 0) is 55.0 Å². The molecule has 5 nitrogen and oxygen atoms in total. The van der Waals surface area contributed by atoms with Gasteiger partial charge in [0.2, 0.25) is 0 Å². The highest BCUT2D eigenvalue weighted by Crippen LogP contribution is 2.39. The van der Waals surface area contributed by atoms with E-state index in [4.69, 9.17) is 4.74 Å². The van der Waals surface area contributed by atoms with Crippen LogP contribution in [-0.2, 0) is 24.2 Å². The number of carbonyl (C=O) groups is 1. The summed E-state index contributed by atoms with van der Waals surface area (Å²) in [7, 11) is 3.64. The van der Waals surface area contributed by atoms with Crippen LogP contribution in [0.15, 0.2) is 24.3 Å². The minimum atomic E-state index is -0.0517. The monoisotopic (exact) mass is 384 g/mol. The lowest BCUT2D eigenvalue weighted by Crippen LogP contribution is -3.08. The van der Waals surface area contributed by atoms with E-state index in [0.29, 0.717) is 18.0 Å². The molecule has 1 amide bonds. The Kier molecular flexibility index (Phi) is 6.15. The third kappa shape index (κ3) is 4.68. The summed E-state index contributed by atoms with van der Waals surface area (Å²) in [5, 5.41) is 13.3. The Hall–Kier alpha value is -2.36. The molecular weight excluding hydrogens is 358 g/mol. The van der Waals surface area contributed by atoms with Crippen LogP contribution in [0.2, 0.25) is 0 Å². The number of nitrogens with one attached hydrogen (secondary N) is 2. The van der Waals surface area contributed by atoms with E-state index < -0.39 is 0 Å². The lowest BCUT2D eigenvalue weighted by Gasteiger charge is -2.17. The fraction of sp³-hybridized carbons (Fsp3) is 0.429. The fourth-order valence-corrected chi connectivity index (χ4v) is 4.93. The number of hydrogen-bond donors (Lipinski definition) is 2. The predicted molar refractivity (Wildman–Crippen MR) is 107 cm³/mol. The average molecular weight is 385 g/mol. The Morgan fingerprint density at radius 2 is 2.15 bits per heavy atom. The van der Waals surface area contributed by atoms with Gasteiger partial charge in [-0.25, -0.2) is 0 Å². The highest BCUT2D eigenvalue weighted by molar-refractivity contribution is 7.16. The number of thiophene rings is 1. The summed E-state index contributed by atoms with van der Waals surface area (Å²) >= 11 is 1.58. The molecule has 0 saturated heterocycles. The van der Waals surface area contributed by atoms with Gasteiger partial charge in [0, 0.05) is 10.4 Å². The second kappa shape index (κ2) is 8.55. The molecule has 0 bridgehead atoms. The number of quaternary nitrogens is 1. The van der Waals surface area contributed by atoms with Gasteiger partial charge in [-0.1, -0.05) is 6.92 Å². The van der Waals surface area contributed by atoms with Gasteiger partial charge in [-0.15, -0.1) is 11.3 Å². The van der Waals surface area contributed by atoms with E-state index in [0.717, 1.165) is 52.6 Å². The molecule has 2 N–H and O–H groups in total. The minimum Gasteiger partial charge on any atom is -0.497 e. The zero-order valence-electron chi connectivity index (χ0n) is 16.1. The smallest absolute Gasteiger partial charge is 0.280 e. The van der Waals surface area contributed by atoms with Crippen LogP contribution in [0.5, 0.6) is 5.75 Å². The molecule has 0 aliphatic heterocycles. The van der Waals surface area contributed by atoms with E-state index in [2.05, 4.69) is 18.3 Å². The Morgan fingerprint density at radius 1 is 1.41 bits per heavy atom. The van der Waals surface area contributed by atoms with E-state index >= 15 is 0 Å². The van der Waals surface area contributed by atoms with Gasteiger partial charge in [0.05, 0.1) is 19.7 Å². The van der Waals surface area contributed by atoms with Gasteiger partial charge in [-0.2, -0.15) is 5.26 Å². The second-order valence-electron chi connectivity index (χ2n) is 7.37. The summed E-state index contributed by atoms with van der Waals surface area (Å²) in [5.74, 6) is 1.42. The predicted octanol–water partition coefficient (Wildman–Crippen LogP) is 2.41. The number of likely N-dealkylation sites (N-methyl/N-ethyl adjacent to an activating group) is 1. The Bertz CT molecular complexity index is 852. The van der Waals surface area contributed by atoms with Gasteiger partial charge in [0.25, 0.3) is 5.91 Å². The molecule has 1 heterocycles. The highest BCUT2D eigenvalue weighted by atomic mass is 32.1. The number of anilines is 1. The molecular formula is C21H26N3O2S+. The first-order chi connectivity index (χ1) is 13.0. The average Bonchev–Trinajstić information content (AvgIpc) is 2.97. The van der Waals surface area contributed by atoms with Crippen LogP contribution in [0.4, 0.5) is 5.00 Å². The number of nitrogens with zero attached hydrogens (tertiary/aromatic N) is 1. The number of methoxy groups -OCH3 is 1. The molecule has 0 saturated carbocycles. The summed E-state index contributed by atoms with van der Waals surface area (Å²) < 4.78 is 5.17. The summed E-state index contributed by atoms with van der Waals surface area (Å²) in [6, 6.07) is 10.2. The van der Waals surface area contributed by atoms with Gasteiger partial charge >= 0.3 is 0 Å². The number of fused-ring (bicyclic) bond motifs is 1. The SMILES string of the molecule is COc1ccc(C[NH+](C)CC(=O)Nc2sc3c(c2C#N)CC[C@@H](C)C3)cc1. The molecule has 2 aromatic rings. The molecule has 0 radical (unpaired) electrons. The fourth-order valence-electron chi connectivity index (χ4n) is 3.56. The number of amides is 1. The normalized spacial score (nSPS) is 16.9. The van der Waals surface area contributed by atoms with Crippen molar-refractivity contribution in [3.05, 3.63) is 45.8 Å². The largest absolute Gasteiger partial charge is 0.497 e. The van der Waals surface area contributed by atoms with Crippen molar-refractivity contribution in [3.63, 3.8) is 0 Å².